The predicted octanol–water partition coefficient (Wildman–Crippen LogP) is 3.72. The minimum Gasteiger partial charge on any atom is -0.497 e. The predicted molar refractivity (Wildman–Crippen MR) is 76.3 cm³/mol. The van der Waals surface area contributed by atoms with Crippen molar-refractivity contribution in [3.8, 4) is 5.75 Å². The smallest absolute Gasteiger partial charge is 0.118 e. The highest BCUT2D eigenvalue weighted by Crippen LogP contribution is 2.22. The largest absolute Gasteiger partial charge is 0.497 e. The summed E-state index contributed by atoms with van der Waals surface area (Å²) >= 11 is 6.42. The van der Waals surface area contributed by atoms with Crippen LogP contribution in [0.25, 0.3) is 0 Å². The van der Waals surface area contributed by atoms with Crippen LogP contribution in [0.3, 0.4) is 0 Å². The molecule has 1 aromatic carbocycles. The number of hydrogen-bond donors (Lipinski definition) is 1. The zero-order chi connectivity index (χ0) is 12.8. The normalized spacial score (nSPS) is 24.6. The molecule has 3 heteroatoms. The molecule has 2 unspecified atom stereocenters. The lowest BCUT2D eigenvalue weighted by Crippen LogP contribution is -2.35. The molecule has 0 aromatic heterocycles. The van der Waals surface area contributed by atoms with Crippen LogP contribution in [0.5, 0.6) is 5.75 Å². The van der Waals surface area contributed by atoms with E-state index in [9.17, 15) is 0 Å². The van der Waals surface area contributed by atoms with E-state index in [0.717, 1.165) is 18.7 Å². The first-order valence-corrected chi connectivity index (χ1v) is 7.23. The first kappa shape index (κ1) is 13.7. The molecular formula is C15H22ClNO. The van der Waals surface area contributed by atoms with Gasteiger partial charge in [0.25, 0.3) is 0 Å². The summed E-state index contributed by atoms with van der Waals surface area (Å²) < 4.78 is 5.16. The summed E-state index contributed by atoms with van der Waals surface area (Å²) in [5.41, 5.74) is 1.28. The number of alkyl halides is 1. The lowest BCUT2D eigenvalue weighted by atomic mass is 10.1. The van der Waals surface area contributed by atoms with Crippen LogP contribution in [0.15, 0.2) is 24.3 Å². The van der Waals surface area contributed by atoms with Crippen molar-refractivity contribution in [3.63, 3.8) is 0 Å². The Morgan fingerprint density at radius 3 is 2.61 bits per heavy atom. The topological polar surface area (TPSA) is 21.3 Å². The van der Waals surface area contributed by atoms with E-state index < -0.39 is 0 Å². The highest BCUT2D eigenvalue weighted by Gasteiger charge is 2.20. The minimum absolute atomic E-state index is 0.283. The second-order valence-corrected chi connectivity index (χ2v) is 5.55. The Bertz CT molecular complexity index is 352. The van der Waals surface area contributed by atoms with E-state index in [1.54, 1.807) is 7.11 Å². The number of nitrogens with one attached hydrogen (secondary N) is 1. The van der Waals surface area contributed by atoms with Crippen LogP contribution in [-0.2, 0) is 6.54 Å². The van der Waals surface area contributed by atoms with E-state index in [-0.39, 0.29) is 5.38 Å². The molecule has 100 valence electrons. The second-order valence-electron chi connectivity index (χ2n) is 4.99. The van der Waals surface area contributed by atoms with Crippen LogP contribution in [-0.4, -0.2) is 18.5 Å². The minimum atomic E-state index is 0.283. The zero-order valence-electron chi connectivity index (χ0n) is 11.0. The molecule has 18 heavy (non-hydrogen) atoms. The molecule has 0 aliphatic heterocycles. The molecule has 0 saturated heterocycles. The van der Waals surface area contributed by atoms with Gasteiger partial charge in [0.15, 0.2) is 0 Å². The summed E-state index contributed by atoms with van der Waals surface area (Å²) in [7, 11) is 1.69. The molecule has 0 heterocycles. The Labute approximate surface area is 115 Å². The standard InChI is InChI=1S/C15H22ClNO/c1-18-13-9-7-12(8-10-13)11-17-15-6-4-2-3-5-14(15)16/h7-10,14-15,17H,2-6,11H2,1H3. The van der Waals surface area contributed by atoms with Crippen molar-refractivity contribution < 1.29 is 4.74 Å². The van der Waals surface area contributed by atoms with Gasteiger partial charge in [0.05, 0.1) is 7.11 Å². The Kier molecular flexibility index (Phi) is 5.33. The highest BCUT2D eigenvalue weighted by molar-refractivity contribution is 6.21. The van der Waals surface area contributed by atoms with Crippen LogP contribution in [0, 0.1) is 0 Å². The SMILES string of the molecule is COc1ccc(CNC2CCCCCC2Cl)cc1. The molecule has 0 bridgehead atoms. The van der Waals surface area contributed by atoms with Crippen molar-refractivity contribution in [1.82, 2.24) is 5.32 Å². The summed E-state index contributed by atoms with van der Waals surface area (Å²) in [6, 6.07) is 8.67. The Morgan fingerprint density at radius 2 is 1.89 bits per heavy atom. The number of halogens is 1. The Morgan fingerprint density at radius 1 is 1.17 bits per heavy atom. The summed E-state index contributed by atoms with van der Waals surface area (Å²) in [6.07, 6.45) is 6.23. The van der Waals surface area contributed by atoms with Crippen molar-refractivity contribution in [2.45, 2.75) is 50.1 Å². The first-order valence-electron chi connectivity index (χ1n) is 6.80. The van der Waals surface area contributed by atoms with Gasteiger partial charge >= 0.3 is 0 Å². The molecule has 2 atom stereocenters. The molecule has 0 amide bonds. The van der Waals surface area contributed by atoms with E-state index in [4.69, 9.17) is 16.3 Å². The molecule has 1 aliphatic carbocycles. The van der Waals surface area contributed by atoms with E-state index in [0.29, 0.717) is 6.04 Å². The fourth-order valence-corrected chi connectivity index (χ4v) is 2.85. The van der Waals surface area contributed by atoms with Crippen LogP contribution in [0.4, 0.5) is 0 Å². The molecule has 1 N–H and O–H groups in total. The van der Waals surface area contributed by atoms with Gasteiger partial charge in [0, 0.05) is 18.0 Å². The average molecular weight is 268 g/mol. The summed E-state index contributed by atoms with van der Waals surface area (Å²) in [5.74, 6) is 0.906. The lowest BCUT2D eigenvalue weighted by Gasteiger charge is -2.21. The highest BCUT2D eigenvalue weighted by atomic mass is 35.5. The second kappa shape index (κ2) is 7.01. The number of rotatable bonds is 4. The van der Waals surface area contributed by atoms with Crippen molar-refractivity contribution in [2.24, 2.45) is 0 Å². The first-order chi connectivity index (χ1) is 8.79. The molecule has 1 fully saturated rings. The van der Waals surface area contributed by atoms with E-state index in [1.165, 1.54) is 31.2 Å². The summed E-state index contributed by atoms with van der Waals surface area (Å²) in [6.45, 7) is 0.887. The van der Waals surface area contributed by atoms with Crippen LogP contribution in [0.1, 0.15) is 37.7 Å². The zero-order valence-corrected chi connectivity index (χ0v) is 11.7. The van der Waals surface area contributed by atoms with Gasteiger partial charge in [-0.05, 0) is 30.5 Å². The fourth-order valence-electron chi connectivity index (χ4n) is 2.48. The third kappa shape index (κ3) is 3.89. The van der Waals surface area contributed by atoms with Gasteiger partial charge in [-0.3, -0.25) is 0 Å². The molecule has 1 saturated carbocycles. The Balaban J connectivity index is 1.85. The van der Waals surface area contributed by atoms with Gasteiger partial charge < -0.3 is 10.1 Å². The molecule has 2 nitrogen and oxygen atoms in total. The molecule has 0 radical (unpaired) electrons. The lowest BCUT2D eigenvalue weighted by molar-refractivity contribution is 0.414. The van der Waals surface area contributed by atoms with Gasteiger partial charge in [0.1, 0.15) is 5.75 Å². The van der Waals surface area contributed by atoms with E-state index in [2.05, 4.69) is 17.4 Å². The van der Waals surface area contributed by atoms with Crippen LogP contribution < -0.4 is 10.1 Å². The fraction of sp³-hybridized carbons (Fsp3) is 0.600. The van der Waals surface area contributed by atoms with Crippen molar-refractivity contribution in [2.75, 3.05) is 7.11 Å². The summed E-state index contributed by atoms with van der Waals surface area (Å²) in [5, 5.41) is 3.88. The van der Waals surface area contributed by atoms with Crippen LogP contribution >= 0.6 is 11.6 Å². The summed E-state index contributed by atoms with van der Waals surface area (Å²) in [4.78, 5) is 0. The van der Waals surface area contributed by atoms with Crippen LogP contribution in [0.2, 0.25) is 0 Å². The maximum atomic E-state index is 6.42. The van der Waals surface area contributed by atoms with Gasteiger partial charge in [-0.2, -0.15) is 0 Å². The van der Waals surface area contributed by atoms with Crippen molar-refractivity contribution in [1.29, 1.82) is 0 Å². The monoisotopic (exact) mass is 267 g/mol. The molecule has 2 rings (SSSR count). The molecular weight excluding hydrogens is 246 g/mol. The van der Waals surface area contributed by atoms with E-state index in [1.807, 2.05) is 12.1 Å². The van der Waals surface area contributed by atoms with Crippen molar-refractivity contribution >= 4 is 11.6 Å². The maximum Gasteiger partial charge on any atom is 0.118 e. The maximum absolute atomic E-state index is 6.42. The third-order valence-corrected chi connectivity index (χ3v) is 4.18. The number of methoxy groups -OCH3 is 1. The quantitative estimate of drug-likeness (QED) is 0.663. The number of benzene rings is 1. The molecule has 1 aromatic rings. The van der Waals surface area contributed by atoms with Gasteiger partial charge in [-0.1, -0.05) is 31.4 Å². The van der Waals surface area contributed by atoms with Crippen molar-refractivity contribution in [3.05, 3.63) is 29.8 Å². The number of hydrogen-bond acceptors (Lipinski definition) is 2. The third-order valence-electron chi connectivity index (χ3n) is 3.66. The van der Waals surface area contributed by atoms with E-state index >= 15 is 0 Å². The van der Waals surface area contributed by atoms with Gasteiger partial charge in [0.2, 0.25) is 0 Å². The van der Waals surface area contributed by atoms with Gasteiger partial charge in [-0.25, -0.2) is 0 Å². The molecule has 0 spiro atoms. The average Bonchev–Trinajstić information content (AvgIpc) is 2.62. The molecule has 1 aliphatic rings. The number of ether oxygens (including phenoxy) is 1. The Hall–Kier alpha value is -0.730. The van der Waals surface area contributed by atoms with Gasteiger partial charge in [-0.15, -0.1) is 11.6 Å².